The highest BCUT2D eigenvalue weighted by Crippen LogP contribution is 2.03. The first kappa shape index (κ1) is 17.0. The van der Waals surface area contributed by atoms with Crippen molar-refractivity contribution >= 4 is 0 Å². The Morgan fingerprint density at radius 3 is 1.26 bits per heavy atom. The van der Waals surface area contributed by atoms with Gasteiger partial charge in [-0.2, -0.15) is 0 Å². The molecule has 0 heterocycles. The van der Waals surface area contributed by atoms with E-state index >= 15 is 0 Å². The number of para-hydroxylation sites is 2. The minimum atomic E-state index is 0.322. The molecule has 0 amide bonds. The minimum absolute atomic E-state index is 0.322. The number of hydrogen-bond acceptors (Lipinski definition) is 4. The van der Waals surface area contributed by atoms with Gasteiger partial charge in [-0.05, 0) is 30.7 Å². The number of hydrogen-bond donors (Lipinski definition) is 3. The van der Waals surface area contributed by atoms with E-state index in [1.807, 2.05) is 19.1 Å². The van der Waals surface area contributed by atoms with E-state index in [0.29, 0.717) is 18.1 Å². The molecule has 4 nitrogen and oxygen atoms in total. The summed E-state index contributed by atoms with van der Waals surface area (Å²) in [5, 5.41) is 24.8. The lowest BCUT2D eigenvalue weighted by molar-refractivity contribution is -0.241. The van der Waals surface area contributed by atoms with Crippen LogP contribution in [0.1, 0.15) is 13.3 Å². The molecule has 3 N–H and O–H groups in total. The van der Waals surface area contributed by atoms with Gasteiger partial charge in [0.05, 0.1) is 6.61 Å². The molecule has 0 bridgehead atoms. The minimum Gasteiger partial charge on any atom is -0.508 e. The zero-order valence-electron chi connectivity index (χ0n) is 10.9. The highest BCUT2D eigenvalue weighted by Gasteiger charge is 1.75. The van der Waals surface area contributed by atoms with Gasteiger partial charge >= 0.3 is 0 Å². The summed E-state index contributed by atoms with van der Waals surface area (Å²) < 4.78 is 0. The molecule has 0 spiro atoms. The first-order chi connectivity index (χ1) is 9.20. The van der Waals surface area contributed by atoms with Crippen molar-refractivity contribution in [1.29, 1.82) is 0 Å². The Balaban J connectivity index is 0.000000261. The van der Waals surface area contributed by atoms with Gasteiger partial charge in [-0.25, -0.2) is 4.89 Å². The Hall–Kier alpha value is -2.04. The fourth-order valence-corrected chi connectivity index (χ4v) is 0.947. The van der Waals surface area contributed by atoms with Crippen LogP contribution in [0.3, 0.4) is 0 Å². The van der Waals surface area contributed by atoms with E-state index in [4.69, 9.17) is 15.5 Å². The number of benzene rings is 2. The van der Waals surface area contributed by atoms with Gasteiger partial charge in [0.1, 0.15) is 11.5 Å². The smallest absolute Gasteiger partial charge is 0.115 e. The first-order valence-corrected chi connectivity index (χ1v) is 5.95. The van der Waals surface area contributed by atoms with Gasteiger partial charge in [0.2, 0.25) is 0 Å². The van der Waals surface area contributed by atoms with E-state index in [-0.39, 0.29) is 0 Å². The molecule has 19 heavy (non-hydrogen) atoms. The van der Waals surface area contributed by atoms with Crippen molar-refractivity contribution in [3.63, 3.8) is 0 Å². The Bertz CT molecular complexity index is 350. The van der Waals surface area contributed by atoms with Crippen molar-refractivity contribution < 1.29 is 20.4 Å². The summed E-state index contributed by atoms with van der Waals surface area (Å²) in [6.45, 7) is 2.37. The van der Waals surface area contributed by atoms with Crippen LogP contribution in [-0.4, -0.2) is 22.1 Å². The quantitative estimate of drug-likeness (QED) is 0.571. The molecular weight excluding hydrogens is 244 g/mol. The largest absolute Gasteiger partial charge is 0.508 e. The maximum absolute atomic E-state index is 8.63. The molecule has 0 aliphatic carbocycles. The molecule has 4 heteroatoms. The Labute approximate surface area is 113 Å². The summed E-state index contributed by atoms with van der Waals surface area (Å²) in [7, 11) is 0. The van der Waals surface area contributed by atoms with Gasteiger partial charge in [-0.3, -0.25) is 5.26 Å². The number of phenolic OH excluding ortho intramolecular Hbond substituents is 2. The molecule has 0 aromatic heterocycles. The van der Waals surface area contributed by atoms with Crippen molar-refractivity contribution in [2.24, 2.45) is 0 Å². The van der Waals surface area contributed by atoms with E-state index in [2.05, 4.69) is 4.89 Å². The predicted molar refractivity (Wildman–Crippen MR) is 75.1 cm³/mol. The number of phenols is 2. The molecule has 0 aliphatic rings. The summed E-state index contributed by atoms with van der Waals surface area (Å²) in [5.74, 6) is 0.644. The van der Waals surface area contributed by atoms with Crippen LogP contribution in [0.4, 0.5) is 0 Å². The van der Waals surface area contributed by atoms with Crippen molar-refractivity contribution in [3.05, 3.63) is 60.7 Å². The van der Waals surface area contributed by atoms with E-state index < -0.39 is 0 Å². The second kappa shape index (κ2) is 12.4. The summed E-state index contributed by atoms with van der Waals surface area (Å²) >= 11 is 0. The highest BCUT2D eigenvalue weighted by molar-refractivity contribution is 5.19. The highest BCUT2D eigenvalue weighted by atomic mass is 17.1. The summed E-state index contributed by atoms with van der Waals surface area (Å²) in [5.41, 5.74) is 0. The maximum atomic E-state index is 8.63. The van der Waals surface area contributed by atoms with Crippen LogP contribution in [0.5, 0.6) is 11.5 Å². The predicted octanol–water partition coefficient (Wildman–Crippen LogP) is 3.67. The fourth-order valence-electron chi connectivity index (χ4n) is 0.947. The Kier molecular flexibility index (Phi) is 11.1. The third-order valence-corrected chi connectivity index (χ3v) is 1.81. The molecule has 0 aliphatic heterocycles. The van der Waals surface area contributed by atoms with Crippen LogP contribution < -0.4 is 0 Å². The first-order valence-electron chi connectivity index (χ1n) is 5.95. The van der Waals surface area contributed by atoms with E-state index in [9.17, 15) is 0 Å². The number of aromatic hydroxyl groups is 2. The van der Waals surface area contributed by atoms with Crippen LogP contribution in [0.15, 0.2) is 60.7 Å². The fraction of sp³-hybridized carbons (Fsp3) is 0.200. The molecule has 0 saturated carbocycles. The lowest BCUT2D eigenvalue weighted by Crippen LogP contribution is -1.81. The summed E-state index contributed by atoms with van der Waals surface area (Å²) in [6.07, 6.45) is 0.872. The van der Waals surface area contributed by atoms with Gasteiger partial charge < -0.3 is 10.2 Å². The lowest BCUT2D eigenvalue weighted by Gasteiger charge is -1.82. The van der Waals surface area contributed by atoms with Crippen molar-refractivity contribution in [1.82, 2.24) is 0 Å². The van der Waals surface area contributed by atoms with Crippen molar-refractivity contribution in [3.8, 4) is 11.5 Å². The van der Waals surface area contributed by atoms with Gasteiger partial charge in [-0.1, -0.05) is 43.3 Å². The SMILES string of the molecule is CCCOO.Oc1ccccc1.Oc1ccccc1. The molecular formula is C15H20O4. The van der Waals surface area contributed by atoms with E-state index in [0.717, 1.165) is 6.42 Å². The molecule has 0 radical (unpaired) electrons. The second-order valence-electron chi connectivity index (χ2n) is 3.50. The molecule has 2 aromatic carbocycles. The zero-order valence-corrected chi connectivity index (χ0v) is 10.9. The summed E-state index contributed by atoms with van der Waals surface area (Å²) in [6, 6.07) is 17.4. The average Bonchev–Trinajstić information content (AvgIpc) is 2.43. The topological polar surface area (TPSA) is 69.9 Å². The molecule has 0 fully saturated rings. The third-order valence-electron chi connectivity index (χ3n) is 1.81. The van der Waals surface area contributed by atoms with Crippen molar-refractivity contribution in [2.75, 3.05) is 6.61 Å². The van der Waals surface area contributed by atoms with Crippen LogP contribution in [0.25, 0.3) is 0 Å². The monoisotopic (exact) mass is 264 g/mol. The van der Waals surface area contributed by atoms with Crippen LogP contribution in [-0.2, 0) is 4.89 Å². The van der Waals surface area contributed by atoms with E-state index in [1.165, 1.54) is 0 Å². The molecule has 2 aromatic rings. The average molecular weight is 264 g/mol. The maximum Gasteiger partial charge on any atom is 0.115 e. The lowest BCUT2D eigenvalue weighted by atomic mass is 10.3. The van der Waals surface area contributed by atoms with Crippen LogP contribution >= 0.6 is 0 Å². The Morgan fingerprint density at radius 2 is 1.16 bits per heavy atom. The van der Waals surface area contributed by atoms with Gasteiger partial charge in [0.15, 0.2) is 0 Å². The van der Waals surface area contributed by atoms with Crippen molar-refractivity contribution in [2.45, 2.75) is 13.3 Å². The van der Waals surface area contributed by atoms with Crippen LogP contribution in [0.2, 0.25) is 0 Å². The standard InChI is InChI=1S/2C6H6O.C3H8O2/c2*7-6-4-2-1-3-5-6;1-2-3-5-4/h2*1-5,7H;4H,2-3H2,1H3. The molecule has 0 unspecified atom stereocenters. The number of rotatable bonds is 2. The van der Waals surface area contributed by atoms with Gasteiger partial charge in [0.25, 0.3) is 0 Å². The molecule has 104 valence electrons. The second-order valence-corrected chi connectivity index (χ2v) is 3.50. The van der Waals surface area contributed by atoms with E-state index in [1.54, 1.807) is 48.5 Å². The third kappa shape index (κ3) is 12.2. The molecule has 0 atom stereocenters. The van der Waals surface area contributed by atoms with Gasteiger partial charge in [-0.15, -0.1) is 0 Å². The molecule has 0 saturated heterocycles. The van der Waals surface area contributed by atoms with Crippen LogP contribution in [0, 0.1) is 0 Å². The zero-order chi connectivity index (χ0) is 14.3. The summed E-state index contributed by atoms with van der Waals surface area (Å²) in [4.78, 5) is 3.69. The van der Waals surface area contributed by atoms with Gasteiger partial charge in [0, 0.05) is 0 Å². The normalized spacial score (nSPS) is 8.53. The Morgan fingerprint density at radius 1 is 0.789 bits per heavy atom. The molecule has 2 rings (SSSR count).